The molecule has 2 heteroatoms. The average Bonchev–Trinajstić information content (AvgIpc) is 2.16. The predicted octanol–water partition coefficient (Wildman–Crippen LogP) is 1.20. The van der Waals surface area contributed by atoms with Gasteiger partial charge in [0.05, 0.1) is 12.2 Å². The van der Waals surface area contributed by atoms with Crippen molar-refractivity contribution in [3.8, 4) is 0 Å². The highest BCUT2D eigenvalue weighted by Gasteiger charge is 2.29. The van der Waals surface area contributed by atoms with Crippen LogP contribution in [-0.2, 0) is 9.47 Å². The highest BCUT2D eigenvalue weighted by atomic mass is 16.6. The molecule has 54 valence electrons. The highest BCUT2D eigenvalue weighted by molar-refractivity contribution is 4.78. The Labute approximate surface area is 56.2 Å². The van der Waals surface area contributed by atoms with E-state index in [0.29, 0.717) is 0 Å². The van der Waals surface area contributed by atoms with Gasteiger partial charge in [0.25, 0.3) is 0 Å². The van der Waals surface area contributed by atoms with Crippen molar-refractivity contribution in [3.63, 3.8) is 0 Å². The van der Waals surface area contributed by atoms with E-state index in [0.717, 1.165) is 26.2 Å². The maximum atomic E-state index is 5.47. The minimum Gasteiger partial charge on any atom is -0.378 e. The third-order valence-corrected chi connectivity index (χ3v) is 1.68. The van der Waals surface area contributed by atoms with Crippen LogP contribution in [0.5, 0.6) is 0 Å². The summed E-state index contributed by atoms with van der Waals surface area (Å²) >= 11 is 0. The summed E-state index contributed by atoms with van der Waals surface area (Å²) in [6.45, 7) is 6.53. The summed E-state index contributed by atoms with van der Waals surface area (Å²) < 4.78 is 10.7. The Kier molecular flexibility index (Phi) is 2.09. The van der Waals surface area contributed by atoms with Gasteiger partial charge in [-0.05, 0) is 13.8 Å². The van der Waals surface area contributed by atoms with Crippen LogP contribution in [-0.4, -0.2) is 25.4 Å². The summed E-state index contributed by atoms with van der Waals surface area (Å²) in [5.41, 5.74) is 0.0226. The summed E-state index contributed by atoms with van der Waals surface area (Å²) in [4.78, 5) is 0. The van der Waals surface area contributed by atoms with Crippen LogP contribution in [0.15, 0.2) is 0 Å². The van der Waals surface area contributed by atoms with Gasteiger partial charge in [0.2, 0.25) is 0 Å². The summed E-state index contributed by atoms with van der Waals surface area (Å²) in [5, 5.41) is 0. The van der Waals surface area contributed by atoms with Crippen molar-refractivity contribution in [1.29, 1.82) is 0 Å². The number of ether oxygens (including phenoxy) is 2. The summed E-state index contributed by atoms with van der Waals surface area (Å²) in [7, 11) is 0. The van der Waals surface area contributed by atoms with Gasteiger partial charge in [-0.2, -0.15) is 0 Å². The summed E-state index contributed by atoms with van der Waals surface area (Å²) in [5.74, 6) is 0. The minimum absolute atomic E-state index is 0.0226. The number of rotatable bonds is 2. The molecule has 1 aliphatic rings. The van der Waals surface area contributed by atoms with Gasteiger partial charge in [0, 0.05) is 19.6 Å². The molecule has 1 aliphatic heterocycles. The lowest BCUT2D eigenvalue weighted by Crippen LogP contribution is -2.28. The largest absolute Gasteiger partial charge is 0.378 e. The quantitative estimate of drug-likeness (QED) is 0.559. The molecule has 0 aromatic rings. The molecule has 1 fully saturated rings. The fraction of sp³-hybridized carbons (Fsp3) is 1.00. The Hall–Kier alpha value is -0.0800. The van der Waals surface area contributed by atoms with Crippen LogP contribution >= 0.6 is 0 Å². The second-order valence-electron chi connectivity index (χ2n) is 2.69. The molecule has 1 rings (SSSR count). The van der Waals surface area contributed by atoms with Gasteiger partial charge in [-0.1, -0.05) is 0 Å². The predicted molar refractivity (Wildman–Crippen MR) is 35.5 cm³/mol. The Morgan fingerprint density at radius 3 is 2.89 bits per heavy atom. The van der Waals surface area contributed by atoms with E-state index in [1.807, 2.05) is 6.92 Å². The van der Waals surface area contributed by atoms with Crippen molar-refractivity contribution < 1.29 is 9.47 Å². The second-order valence-corrected chi connectivity index (χ2v) is 2.69. The van der Waals surface area contributed by atoms with E-state index in [1.54, 1.807) is 0 Å². The van der Waals surface area contributed by atoms with E-state index in [9.17, 15) is 0 Å². The monoisotopic (exact) mass is 130 g/mol. The highest BCUT2D eigenvalue weighted by Crippen LogP contribution is 2.21. The summed E-state index contributed by atoms with van der Waals surface area (Å²) in [6.07, 6.45) is 1.04. The van der Waals surface area contributed by atoms with Gasteiger partial charge >= 0.3 is 0 Å². The van der Waals surface area contributed by atoms with Crippen molar-refractivity contribution in [2.75, 3.05) is 19.8 Å². The molecule has 9 heavy (non-hydrogen) atoms. The first-order valence-corrected chi connectivity index (χ1v) is 3.48. The first-order chi connectivity index (χ1) is 4.27. The first-order valence-electron chi connectivity index (χ1n) is 3.48. The molecule has 1 heterocycles. The third kappa shape index (κ3) is 1.66. The lowest BCUT2D eigenvalue weighted by molar-refractivity contribution is -0.0292. The maximum absolute atomic E-state index is 5.47. The van der Waals surface area contributed by atoms with Gasteiger partial charge in [0.15, 0.2) is 0 Å². The van der Waals surface area contributed by atoms with Crippen LogP contribution in [0.25, 0.3) is 0 Å². The molecule has 1 unspecified atom stereocenters. The normalized spacial score (nSPS) is 35.3. The summed E-state index contributed by atoms with van der Waals surface area (Å²) in [6, 6.07) is 0. The van der Waals surface area contributed by atoms with Crippen LogP contribution in [0, 0.1) is 0 Å². The van der Waals surface area contributed by atoms with Crippen LogP contribution in [0.3, 0.4) is 0 Å². The fourth-order valence-electron chi connectivity index (χ4n) is 1.11. The first kappa shape index (κ1) is 7.03. The molecule has 0 spiro atoms. The van der Waals surface area contributed by atoms with Crippen molar-refractivity contribution >= 4 is 0 Å². The number of hydrogen-bond acceptors (Lipinski definition) is 2. The van der Waals surface area contributed by atoms with Crippen LogP contribution in [0.2, 0.25) is 0 Å². The van der Waals surface area contributed by atoms with E-state index in [1.165, 1.54) is 0 Å². The van der Waals surface area contributed by atoms with E-state index in [4.69, 9.17) is 9.47 Å². The van der Waals surface area contributed by atoms with Crippen LogP contribution in [0.4, 0.5) is 0 Å². The van der Waals surface area contributed by atoms with E-state index < -0.39 is 0 Å². The average molecular weight is 130 g/mol. The van der Waals surface area contributed by atoms with Crippen molar-refractivity contribution in [2.45, 2.75) is 25.9 Å². The molecule has 0 saturated carbocycles. The van der Waals surface area contributed by atoms with Gasteiger partial charge in [-0.25, -0.2) is 0 Å². The molecule has 0 radical (unpaired) electrons. The second kappa shape index (κ2) is 2.67. The van der Waals surface area contributed by atoms with Gasteiger partial charge < -0.3 is 9.47 Å². The molecule has 1 saturated heterocycles. The fourth-order valence-corrected chi connectivity index (χ4v) is 1.11. The van der Waals surface area contributed by atoms with Gasteiger partial charge in [-0.15, -0.1) is 0 Å². The minimum atomic E-state index is 0.0226. The molecule has 0 N–H and O–H groups in total. The van der Waals surface area contributed by atoms with Gasteiger partial charge in [-0.3, -0.25) is 0 Å². The molecular formula is C7H14O2. The van der Waals surface area contributed by atoms with E-state index in [2.05, 4.69) is 6.92 Å². The molecular weight excluding hydrogens is 116 g/mol. The molecule has 2 nitrogen and oxygen atoms in total. The van der Waals surface area contributed by atoms with Crippen molar-refractivity contribution in [3.05, 3.63) is 0 Å². The molecule has 0 aromatic carbocycles. The SMILES string of the molecule is CCOC1(C)CCOC1. The maximum Gasteiger partial charge on any atom is 0.0908 e. The molecule has 0 aromatic heterocycles. The Morgan fingerprint density at radius 2 is 2.44 bits per heavy atom. The molecule has 1 atom stereocenters. The zero-order chi connectivity index (χ0) is 6.74. The van der Waals surface area contributed by atoms with Crippen molar-refractivity contribution in [1.82, 2.24) is 0 Å². The number of hydrogen-bond donors (Lipinski definition) is 0. The van der Waals surface area contributed by atoms with Crippen LogP contribution in [0.1, 0.15) is 20.3 Å². The zero-order valence-electron chi connectivity index (χ0n) is 6.14. The van der Waals surface area contributed by atoms with Crippen LogP contribution < -0.4 is 0 Å². The Balaban J connectivity index is 2.32. The standard InChI is InChI=1S/C7H14O2/c1-3-9-7(2)4-5-8-6-7/h3-6H2,1-2H3. The van der Waals surface area contributed by atoms with Gasteiger partial charge in [0.1, 0.15) is 0 Å². The van der Waals surface area contributed by atoms with E-state index in [-0.39, 0.29) is 5.60 Å². The molecule has 0 amide bonds. The van der Waals surface area contributed by atoms with E-state index >= 15 is 0 Å². The lowest BCUT2D eigenvalue weighted by atomic mass is 10.1. The topological polar surface area (TPSA) is 18.5 Å². The lowest BCUT2D eigenvalue weighted by Gasteiger charge is -2.20. The van der Waals surface area contributed by atoms with Crippen molar-refractivity contribution in [2.24, 2.45) is 0 Å². The Morgan fingerprint density at radius 1 is 1.67 bits per heavy atom. The smallest absolute Gasteiger partial charge is 0.0908 e. The Bertz CT molecular complexity index is 84.9. The molecule has 0 bridgehead atoms. The molecule has 0 aliphatic carbocycles. The zero-order valence-corrected chi connectivity index (χ0v) is 6.14. The third-order valence-electron chi connectivity index (χ3n) is 1.68.